The van der Waals surface area contributed by atoms with Crippen molar-refractivity contribution in [3.05, 3.63) is 29.8 Å². The first kappa shape index (κ1) is 21.8. The molecule has 1 rings (SSSR count). The highest BCUT2D eigenvalue weighted by molar-refractivity contribution is 7.90. The average molecular weight is 385 g/mol. The molecule has 0 saturated heterocycles. The summed E-state index contributed by atoms with van der Waals surface area (Å²) in [5, 5.41) is 6.33. The van der Waals surface area contributed by atoms with Crippen LogP contribution in [0.2, 0.25) is 0 Å². The molecule has 26 heavy (non-hydrogen) atoms. The maximum atomic E-state index is 11.3. The van der Waals surface area contributed by atoms with Crippen molar-refractivity contribution in [1.29, 1.82) is 0 Å². The maximum Gasteiger partial charge on any atom is 0.255 e. The third kappa shape index (κ3) is 9.87. The summed E-state index contributed by atoms with van der Waals surface area (Å²) in [7, 11) is -2.99. The second kappa shape index (κ2) is 10.6. The van der Waals surface area contributed by atoms with Gasteiger partial charge in [-0.15, -0.1) is 0 Å². The van der Waals surface area contributed by atoms with E-state index in [-0.39, 0.29) is 18.4 Å². The highest BCUT2D eigenvalue weighted by Gasteiger charge is 2.09. The van der Waals surface area contributed by atoms with Gasteiger partial charge in [0.15, 0.2) is 12.6 Å². The van der Waals surface area contributed by atoms with E-state index in [9.17, 15) is 13.2 Å². The smallest absolute Gasteiger partial charge is 0.255 e. The second-order valence-corrected chi connectivity index (χ2v) is 8.32. The summed E-state index contributed by atoms with van der Waals surface area (Å²) < 4.78 is 27.8. The fraction of sp³-hybridized carbons (Fsp3) is 0.529. The lowest BCUT2D eigenvalue weighted by Gasteiger charge is -2.17. The number of carbonyl (C=O) groups is 1. The molecule has 146 valence electrons. The normalized spacial score (nSPS) is 13.1. The van der Waals surface area contributed by atoms with Crippen LogP contribution < -0.4 is 21.1 Å². The quantitative estimate of drug-likeness (QED) is 0.397. The molecule has 9 heteroatoms. The minimum absolute atomic E-state index is 0.0345. The molecule has 4 N–H and O–H groups in total. The molecule has 0 heterocycles. The van der Waals surface area contributed by atoms with E-state index in [1.54, 1.807) is 12.1 Å². The van der Waals surface area contributed by atoms with E-state index in [0.29, 0.717) is 31.2 Å². The monoisotopic (exact) mass is 384 g/mol. The van der Waals surface area contributed by atoms with Crippen molar-refractivity contribution in [2.45, 2.75) is 32.9 Å². The summed E-state index contributed by atoms with van der Waals surface area (Å²) in [6.45, 7) is 4.79. The number of hydrogen-bond donors (Lipinski definition) is 3. The minimum Gasteiger partial charge on any atom is -0.484 e. The maximum absolute atomic E-state index is 11.3. The summed E-state index contributed by atoms with van der Waals surface area (Å²) >= 11 is 0. The van der Waals surface area contributed by atoms with E-state index in [1.165, 1.54) is 6.26 Å². The molecule has 0 spiro atoms. The standard InChI is InChI=1S/C17H28N4O4S/c1-4-19-17(21-13(2)8-9-26(3,23)24)20-11-14-6-5-7-15(10-14)25-12-16(18)22/h5-7,10,13H,4,8-9,11-12H2,1-3H3,(H2,18,22)(H2,19,20,21). The lowest BCUT2D eigenvalue weighted by molar-refractivity contribution is -0.119. The molecule has 0 aromatic heterocycles. The van der Waals surface area contributed by atoms with E-state index in [4.69, 9.17) is 10.5 Å². The van der Waals surface area contributed by atoms with Crippen molar-refractivity contribution in [3.8, 4) is 5.75 Å². The Bertz CT molecular complexity index is 719. The number of nitrogens with two attached hydrogens (primary N) is 1. The number of ether oxygens (including phenoxy) is 1. The topological polar surface area (TPSA) is 123 Å². The Morgan fingerprint density at radius 3 is 2.73 bits per heavy atom. The number of aliphatic imine (C=N–C) groups is 1. The van der Waals surface area contributed by atoms with Gasteiger partial charge in [-0.3, -0.25) is 4.79 Å². The first-order valence-electron chi connectivity index (χ1n) is 8.42. The van der Waals surface area contributed by atoms with Crippen LogP contribution in [0.3, 0.4) is 0 Å². The SMILES string of the molecule is CCNC(=NCc1cccc(OCC(N)=O)c1)NC(C)CCS(C)(=O)=O. The van der Waals surface area contributed by atoms with Crippen LogP contribution in [0.4, 0.5) is 0 Å². The Morgan fingerprint density at radius 2 is 2.12 bits per heavy atom. The number of amides is 1. The van der Waals surface area contributed by atoms with Crippen LogP contribution in [0, 0.1) is 0 Å². The highest BCUT2D eigenvalue weighted by Crippen LogP contribution is 2.14. The summed E-state index contributed by atoms with van der Waals surface area (Å²) in [6.07, 6.45) is 1.73. The van der Waals surface area contributed by atoms with E-state index in [2.05, 4.69) is 15.6 Å². The zero-order valence-corrected chi connectivity index (χ0v) is 16.3. The predicted octanol–water partition coefficient (Wildman–Crippen LogP) is 0.429. The molecule has 0 fully saturated rings. The Kier molecular flexibility index (Phi) is 8.91. The fourth-order valence-electron chi connectivity index (χ4n) is 2.07. The van der Waals surface area contributed by atoms with Crippen LogP contribution in [-0.4, -0.2) is 51.5 Å². The Morgan fingerprint density at radius 1 is 1.38 bits per heavy atom. The lowest BCUT2D eigenvalue weighted by atomic mass is 10.2. The van der Waals surface area contributed by atoms with Crippen LogP contribution in [0.5, 0.6) is 5.75 Å². The van der Waals surface area contributed by atoms with E-state index >= 15 is 0 Å². The Labute approximate surface area is 155 Å². The third-order valence-electron chi connectivity index (χ3n) is 3.35. The van der Waals surface area contributed by atoms with Gasteiger partial charge < -0.3 is 21.1 Å². The molecule has 0 aliphatic carbocycles. The zero-order valence-electron chi connectivity index (χ0n) is 15.5. The molecule has 0 radical (unpaired) electrons. The number of benzene rings is 1. The molecule has 1 aromatic rings. The van der Waals surface area contributed by atoms with Crippen LogP contribution in [0.15, 0.2) is 29.3 Å². The number of nitrogens with zero attached hydrogens (tertiary/aromatic N) is 1. The van der Waals surface area contributed by atoms with Crippen molar-refractivity contribution in [2.75, 3.05) is 25.2 Å². The number of guanidine groups is 1. The van der Waals surface area contributed by atoms with E-state index < -0.39 is 15.7 Å². The molecule has 8 nitrogen and oxygen atoms in total. The number of carbonyl (C=O) groups excluding carboxylic acids is 1. The van der Waals surface area contributed by atoms with Crippen LogP contribution in [-0.2, 0) is 21.2 Å². The number of hydrogen-bond acceptors (Lipinski definition) is 5. The molecule has 0 bridgehead atoms. The Balaban J connectivity index is 2.67. The molecule has 0 aliphatic rings. The summed E-state index contributed by atoms with van der Waals surface area (Å²) in [6, 6.07) is 7.22. The first-order valence-corrected chi connectivity index (χ1v) is 10.5. The number of sulfone groups is 1. The molecule has 1 aromatic carbocycles. The number of rotatable bonds is 10. The van der Waals surface area contributed by atoms with Crippen LogP contribution >= 0.6 is 0 Å². The van der Waals surface area contributed by atoms with Gasteiger partial charge in [0.1, 0.15) is 15.6 Å². The minimum atomic E-state index is -2.99. The third-order valence-corrected chi connectivity index (χ3v) is 4.33. The van der Waals surface area contributed by atoms with E-state index in [1.807, 2.05) is 26.0 Å². The molecule has 0 saturated carbocycles. The number of nitrogens with one attached hydrogen (secondary N) is 2. The van der Waals surface area contributed by atoms with Crippen LogP contribution in [0.1, 0.15) is 25.8 Å². The molecular formula is C17H28N4O4S. The van der Waals surface area contributed by atoms with Gasteiger partial charge in [0.25, 0.3) is 5.91 Å². The molecule has 1 unspecified atom stereocenters. The summed E-state index contributed by atoms with van der Waals surface area (Å²) in [5.41, 5.74) is 5.98. The van der Waals surface area contributed by atoms with Crippen molar-refractivity contribution in [3.63, 3.8) is 0 Å². The van der Waals surface area contributed by atoms with Crippen molar-refractivity contribution in [1.82, 2.24) is 10.6 Å². The van der Waals surface area contributed by atoms with Crippen molar-refractivity contribution in [2.24, 2.45) is 10.7 Å². The molecular weight excluding hydrogens is 356 g/mol. The van der Waals surface area contributed by atoms with Gasteiger partial charge in [-0.2, -0.15) is 0 Å². The average Bonchev–Trinajstić information content (AvgIpc) is 2.56. The van der Waals surface area contributed by atoms with E-state index in [0.717, 1.165) is 5.56 Å². The van der Waals surface area contributed by atoms with Gasteiger partial charge in [-0.05, 0) is 38.0 Å². The van der Waals surface area contributed by atoms with Crippen molar-refractivity contribution < 1.29 is 17.9 Å². The van der Waals surface area contributed by atoms with Gasteiger partial charge in [0.2, 0.25) is 0 Å². The predicted molar refractivity (Wildman–Crippen MR) is 103 cm³/mol. The second-order valence-electron chi connectivity index (χ2n) is 6.06. The lowest BCUT2D eigenvalue weighted by Crippen LogP contribution is -2.42. The van der Waals surface area contributed by atoms with Gasteiger partial charge in [0.05, 0.1) is 12.3 Å². The Hall–Kier alpha value is -2.29. The van der Waals surface area contributed by atoms with Gasteiger partial charge in [-0.1, -0.05) is 12.1 Å². The van der Waals surface area contributed by atoms with Gasteiger partial charge in [-0.25, -0.2) is 13.4 Å². The summed E-state index contributed by atoms with van der Waals surface area (Å²) in [4.78, 5) is 15.3. The fourth-order valence-corrected chi connectivity index (χ4v) is 2.86. The molecule has 1 atom stereocenters. The molecule has 0 aliphatic heterocycles. The first-order chi connectivity index (χ1) is 12.2. The molecule has 1 amide bonds. The highest BCUT2D eigenvalue weighted by atomic mass is 32.2. The van der Waals surface area contributed by atoms with Gasteiger partial charge >= 0.3 is 0 Å². The zero-order chi connectivity index (χ0) is 19.6. The van der Waals surface area contributed by atoms with Crippen molar-refractivity contribution >= 4 is 21.7 Å². The van der Waals surface area contributed by atoms with Crippen LogP contribution in [0.25, 0.3) is 0 Å². The number of primary amides is 1. The summed E-state index contributed by atoms with van der Waals surface area (Å²) in [5.74, 6) is 0.753. The largest absolute Gasteiger partial charge is 0.484 e. The van der Waals surface area contributed by atoms with Gasteiger partial charge in [0, 0.05) is 18.8 Å².